The number of fused-ring (bicyclic) bond motifs is 1. The van der Waals surface area contributed by atoms with Crippen LogP contribution in [0.2, 0.25) is 0 Å². The van der Waals surface area contributed by atoms with Crippen molar-refractivity contribution in [2.24, 2.45) is 0 Å². The van der Waals surface area contributed by atoms with Crippen LogP contribution >= 0.6 is 7.29 Å². The van der Waals surface area contributed by atoms with Crippen molar-refractivity contribution in [3.63, 3.8) is 0 Å². The summed E-state index contributed by atoms with van der Waals surface area (Å²) in [6.45, 7) is 4.50. The van der Waals surface area contributed by atoms with Crippen LogP contribution in [-0.2, 0) is 5.41 Å². The quantitative estimate of drug-likeness (QED) is 0.135. The fourth-order valence-electron chi connectivity index (χ4n) is 7.08. The number of benzene rings is 6. The van der Waals surface area contributed by atoms with Gasteiger partial charge in [-0.25, -0.2) is 0 Å². The van der Waals surface area contributed by atoms with Crippen LogP contribution in [0.5, 0.6) is 5.75 Å². The van der Waals surface area contributed by atoms with E-state index in [1.54, 1.807) is 0 Å². The van der Waals surface area contributed by atoms with Gasteiger partial charge in [0, 0.05) is 0 Å². The minimum atomic E-state index is -4.86. The monoisotopic (exact) mass is 595 g/mol. The van der Waals surface area contributed by atoms with Gasteiger partial charge in [0.15, 0.2) is 0 Å². The Morgan fingerprint density at radius 3 is 1.34 bits per heavy atom. The van der Waals surface area contributed by atoms with E-state index in [9.17, 15) is 0 Å². The number of rotatable bonds is 7. The number of nitrogens with zero attached hydrogens (tertiary/aromatic N) is 1. The average molecular weight is 596 g/mol. The van der Waals surface area contributed by atoms with Gasteiger partial charge in [-0.2, -0.15) is 0 Å². The SMILES string of the molecule is CCN1c2cc(C(c3ccccc3)(c3ccccc3)c3ccccc3)cc(C)c2OP1(F)(c1ccccc1)c1ccccc1. The molecule has 0 amide bonds. The van der Waals surface area contributed by atoms with Crippen LogP contribution < -0.4 is 19.8 Å². The molecule has 1 heterocycles. The normalized spacial score (nSPS) is 15.9. The fraction of sp³-hybridized carbons (Fsp3) is 0.100. The number of hydrogen-bond donors (Lipinski definition) is 0. The molecule has 7 rings (SSSR count). The molecule has 1 aliphatic rings. The molecule has 1 aliphatic heterocycles. The summed E-state index contributed by atoms with van der Waals surface area (Å²) >= 11 is 0. The standard InChI is InChI=1S/C40H35FNOP/c1-3-42-38-30-35(40(32-19-9-4-10-20-32,33-21-11-5-12-22-33)34-23-13-6-14-24-34)29-31(2)39(38)43-44(42,41,36-25-15-7-16-26-36)37-27-17-8-18-28-37/h4-30H,3H2,1-2H3. The third kappa shape index (κ3) is 3.96. The Balaban J connectivity index is 1.57. The summed E-state index contributed by atoms with van der Waals surface area (Å²) in [6, 6.07) is 55.2. The van der Waals surface area contributed by atoms with Crippen molar-refractivity contribution in [1.29, 1.82) is 0 Å². The molecule has 6 aromatic carbocycles. The molecular weight excluding hydrogens is 560 g/mol. The Morgan fingerprint density at radius 2 is 0.955 bits per heavy atom. The van der Waals surface area contributed by atoms with Crippen molar-refractivity contribution in [3.8, 4) is 5.75 Å². The second kappa shape index (κ2) is 10.8. The molecule has 0 aliphatic carbocycles. The summed E-state index contributed by atoms with van der Waals surface area (Å²) in [5, 5.41) is 1.12. The Bertz CT molecular complexity index is 1760. The Hall–Kier alpha value is -4.72. The summed E-state index contributed by atoms with van der Waals surface area (Å²) in [6.07, 6.45) is 0. The molecule has 4 heteroatoms. The van der Waals surface area contributed by atoms with E-state index in [4.69, 9.17) is 4.52 Å². The molecule has 0 unspecified atom stereocenters. The van der Waals surface area contributed by atoms with Crippen molar-refractivity contribution in [1.82, 2.24) is 0 Å². The molecule has 0 saturated heterocycles. The molecule has 44 heavy (non-hydrogen) atoms. The second-order valence-corrected chi connectivity index (χ2v) is 14.8. The molecular formula is C40H35FNOP. The van der Waals surface area contributed by atoms with Gasteiger partial charge in [-0.1, -0.05) is 0 Å². The third-order valence-electron chi connectivity index (χ3n) is 8.98. The van der Waals surface area contributed by atoms with E-state index in [1.807, 2.05) is 79.2 Å². The van der Waals surface area contributed by atoms with Crippen LogP contribution in [0.4, 0.5) is 9.88 Å². The van der Waals surface area contributed by atoms with Gasteiger partial charge in [0.25, 0.3) is 0 Å². The van der Waals surface area contributed by atoms with Gasteiger partial charge in [-0.15, -0.1) is 0 Å². The van der Waals surface area contributed by atoms with E-state index in [0.717, 1.165) is 33.5 Å². The predicted molar refractivity (Wildman–Crippen MR) is 183 cm³/mol. The van der Waals surface area contributed by atoms with Gasteiger partial charge in [0.2, 0.25) is 0 Å². The van der Waals surface area contributed by atoms with Gasteiger partial charge in [-0.3, -0.25) is 0 Å². The van der Waals surface area contributed by atoms with E-state index in [2.05, 4.69) is 103 Å². The van der Waals surface area contributed by atoms with Crippen LogP contribution in [0.25, 0.3) is 0 Å². The molecule has 0 radical (unpaired) electrons. The summed E-state index contributed by atoms with van der Waals surface area (Å²) in [4.78, 5) is 0. The summed E-state index contributed by atoms with van der Waals surface area (Å²) < 4.78 is 27.8. The number of hydrogen-bond acceptors (Lipinski definition) is 2. The third-order valence-corrected chi connectivity index (χ3v) is 13.2. The van der Waals surface area contributed by atoms with Gasteiger partial charge >= 0.3 is 260 Å². The Labute approximate surface area is 259 Å². The first-order valence-corrected chi connectivity index (χ1v) is 17.2. The molecule has 0 spiro atoms. The van der Waals surface area contributed by atoms with Crippen molar-refractivity contribution >= 4 is 23.6 Å². The number of anilines is 1. The molecule has 0 bridgehead atoms. The van der Waals surface area contributed by atoms with E-state index in [0.29, 0.717) is 22.9 Å². The molecule has 6 aromatic rings. The van der Waals surface area contributed by atoms with E-state index in [-0.39, 0.29) is 0 Å². The molecule has 0 fully saturated rings. The molecule has 218 valence electrons. The zero-order valence-electron chi connectivity index (χ0n) is 25.0. The second-order valence-electron chi connectivity index (χ2n) is 11.4. The molecule has 2 nitrogen and oxygen atoms in total. The average Bonchev–Trinajstić information content (AvgIpc) is 3.38. The minimum absolute atomic E-state index is 0.434. The van der Waals surface area contributed by atoms with Crippen molar-refractivity contribution in [3.05, 3.63) is 192 Å². The molecule has 0 atom stereocenters. The molecule has 0 aromatic heterocycles. The Morgan fingerprint density at radius 1 is 0.568 bits per heavy atom. The zero-order valence-corrected chi connectivity index (χ0v) is 25.9. The van der Waals surface area contributed by atoms with Crippen LogP contribution in [0, 0.1) is 6.92 Å². The van der Waals surface area contributed by atoms with Crippen molar-refractivity contribution in [2.75, 3.05) is 11.2 Å². The van der Waals surface area contributed by atoms with E-state index < -0.39 is 12.7 Å². The van der Waals surface area contributed by atoms with E-state index >= 15 is 4.20 Å². The predicted octanol–water partition coefficient (Wildman–Crippen LogP) is 9.52. The van der Waals surface area contributed by atoms with Crippen LogP contribution in [0.1, 0.15) is 34.7 Å². The number of halogens is 1. The van der Waals surface area contributed by atoms with Gasteiger partial charge < -0.3 is 0 Å². The van der Waals surface area contributed by atoms with Crippen LogP contribution in [0.3, 0.4) is 0 Å². The topological polar surface area (TPSA) is 12.5 Å². The zero-order chi connectivity index (χ0) is 30.2. The first-order valence-electron chi connectivity index (χ1n) is 15.2. The maximum absolute atomic E-state index is 19.0. The maximum atomic E-state index is 19.0. The van der Waals surface area contributed by atoms with Gasteiger partial charge in [-0.05, 0) is 0 Å². The van der Waals surface area contributed by atoms with Crippen LogP contribution in [-0.4, -0.2) is 6.54 Å². The number of aryl methyl sites for hydroxylation is 1. The summed E-state index contributed by atoms with van der Waals surface area (Å²) in [5.41, 5.74) is 5.51. The fourth-order valence-corrected chi connectivity index (χ4v) is 11.2. The van der Waals surface area contributed by atoms with Crippen molar-refractivity contribution in [2.45, 2.75) is 19.3 Å². The van der Waals surface area contributed by atoms with Gasteiger partial charge in [0.05, 0.1) is 0 Å². The molecule has 0 saturated carbocycles. The summed E-state index contributed by atoms with van der Waals surface area (Å²) in [7, 11) is -4.86. The van der Waals surface area contributed by atoms with Gasteiger partial charge in [0.1, 0.15) is 0 Å². The molecule has 0 N–H and O–H groups in total. The van der Waals surface area contributed by atoms with Crippen LogP contribution in [0.15, 0.2) is 164 Å². The first-order chi connectivity index (χ1) is 21.5. The summed E-state index contributed by atoms with van der Waals surface area (Å²) in [5.74, 6) is 0.603. The first kappa shape index (κ1) is 28.1. The van der Waals surface area contributed by atoms with E-state index in [1.165, 1.54) is 0 Å². The van der Waals surface area contributed by atoms with Crippen molar-refractivity contribution < 1.29 is 8.72 Å². The Kier molecular flexibility index (Phi) is 6.87.